The third-order valence-electron chi connectivity index (χ3n) is 2.25. The van der Waals surface area contributed by atoms with Crippen LogP contribution in [0.5, 0.6) is 0 Å². The molecule has 0 radical (unpaired) electrons. The van der Waals surface area contributed by atoms with Crippen LogP contribution in [0.15, 0.2) is 0 Å². The number of aryl methyl sites for hydroxylation is 1. The van der Waals surface area contributed by atoms with Crippen LogP contribution in [0.4, 0.5) is 5.69 Å². The lowest BCUT2D eigenvalue weighted by atomic mass is 10.3. The molecule has 0 bridgehead atoms. The maximum absolute atomic E-state index is 11.4. The van der Waals surface area contributed by atoms with Crippen LogP contribution in [0.1, 0.15) is 11.4 Å². The van der Waals surface area contributed by atoms with Crippen LogP contribution in [-0.4, -0.2) is 32.9 Å². The van der Waals surface area contributed by atoms with Gasteiger partial charge in [-0.15, -0.1) is 0 Å². The largest absolute Gasteiger partial charge is 0.354 e. The summed E-state index contributed by atoms with van der Waals surface area (Å²) < 4.78 is 1.33. The maximum atomic E-state index is 11.4. The van der Waals surface area contributed by atoms with Crippen molar-refractivity contribution in [2.75, 3.05) is 12.3 Å². The van der Waals surface area contributed by atoms with E-state index in [4.69, 9.17) is 0 Å². The summed E-state index contributed by atoms with van der Waals surface area (Å²) in [5, 5.41) is 17.3. The quantitative estimate of drug-likeness (QED) is 0.456. The van der Waals surface area contributed by atoms with Gasteiger partial charge in [0.25, 0.3) is 0 Å². The summed E-state index contributed by atoms with van der Waals surface area (Å²) >= 11 is 3.96. The van der Waals surface area contributed by atoms with Crippen molar-refractivity contribution < 1.29 is 9.72 Å². The van der Waals surface area contributed by atoms with Gasteiger partial charge in [0.05, 0.1) is 4.92 Å². The summed E-state index contributed by atoms with van der Waals surface area (Å²) in [6, 6.07) is 0. The monoisotopic (exact) mass is 258 g/mol. The Kier molecular flexibility index (Phi) is 4.50. The number of thiol groups is 1. The zero-order valence-corrected chi connectivity index (χ0v) is 10.5. The van der Waals surface area contributed by atoms with E-state index in [9.17, 15) is 14.9 Å². The first-order valence-corrected chi connectivity index (χ1v) is 5.66. The number of nitrogens with zero attached hydrogens (tertiary/aromatic N) is 3. The number of rotatable bonds is 5. The molecule has 0 spiro atoms. The van der Waals surface area contributed by atoms with Crippen LogP contribution in [0.25, 0.3) is 0 Å². The van der Waals surface area contributed by atoms with E-state index in [-0.39, 0.29) is 18.1 Å². The molecule has 0 aromatic carbocycles. The zero-order chi connectivity index (χ0) is 13.0. The van der Waals surface area contributed by atoms with Crippen molar-refractivity contribution in [1.82, 2.24) is 15.1 Å². The summed E-state index contributed by atoms with van der Waals surface area (Å²) in [5.41, 5.74) is 0.662. The zero-order valence-electron chi connectivity index (χ0n) is 9.63. The van der Waals surface area contributed by atoms with E-state index in [1.165, 1.54) is 4.68 Å². The molecule has 1 amide bonds. The highest BCUT2D eigenvalue weighted by molar-refractivity contribution is 7.80. The number of nitro groups is 1. The van der Waals surface area contributed by atoms with Gasteiger partial charge in [0.2, 0.25) is 5.91 Å². The number of carbonyl (C=O) groups excluding carboxylic acids is 1. The van der Waals surface area contributed by atoms with E-state index in [0.717, 1.165) is 0 Å². The Morgan fingerprint density at radius 1 is 1.59 bits per heavy atom. The summed E-state index contributed by atoms with van der Waals surface area (Å²) in [4.78, 5) is 21.7. The molecule has 1 heterocycles. The van der Waals surface area contributed by atoms with E-state index in [0.29, 0.717) is 23.7 Å². The normalized spacial score (nSPS) is 10.3. The Bertz CT molecular complexity index is 444. The van der Waals surface area contributed by atoms with Gasteiger partial charge in [0, 0.05) is 12.3 Å². The van der Waals surface area contributed by atoms with E-state index >= 15 is 0 Å². The van der Waals surface area contributed by atoms with Crippen molar-refractivity contribution in [3.8, 4) is 0 Å². The molecular formula is C9H14N4O3S. The Morgan fingerprint density at radius 2 is 2.24 bits per heavy atom. The van der Waals surface area contributed by atoms with Gasteiger partial charge >= 0.3 is 5.69 Å². The van der Waals surface area contributed by atoms with Gasteiger partial charge in [0.15, 0.2) is 0 Å². The van der Waals surface area contributed by atoms with Crippen LogP contribution in [0.3, 0.4) is 0 Å². The topological polar surface area (TPSA) is 90.1 Å². The Morgan fingerprint density at radius 3 is 2.71 bits per heavy atom. The van der Waals surface area contributed by atoms with Crippen LogP contribution < -0.4 is 5.32 Å². The predicted molar refractivity (Wildman–Crippen MR) is 65.2 cm³/mol. The Balaban J connectivity index is 2.83. The predicted octanol–water partition coefficient (Wildman–Crippen LogP) is 0.454. The van der Waals surface area contributed by atoms with E-state index < -0.39 is 4.92 Å². The average Bonchev–Trinajstić information content (AvgIpc) is 2.51. The third kappa shape index (κ3) is 3.19. The Labute approximate surface area is 104 Å². The number of nitrogens with one attached hydrogen (secondary N) is 1. The molecule has 7 nitrogen and oxygen atoms in total. The number of aromatic nitrogens is 2. The second-order valence-electron chi connectivity index (χ2n) is 3.51. The highest BCUT2D eigenvalue weighted by Crippen LogP contribution is 2.21. The van der Waals surface area contributed by atoms with Gasteiger partial charge in [-0.1, -0.05) is 0 Å². The summed E-state index contributed by atoms with van der Waals surface area (Å²) in [6.45, 7) is 3.56. The van der Waals surface area contributed by atoms with Crippen molar-refractivity contribution in [2.45, 2.75) is 20.4 Å². The second-order valence-corrected chi connectivity index (χ2v) is 3.95. The van der Waals surface area contributed by atoms with Crippen LogP contribution in [0.2, 0.25) is 0 Å². The SMILES string of the molecule is Cc1nn(CC(=O)NCCS)c(C)c1[N+](=O)[O-]. The highest BCUT2D eigenvalue weighted by atomic mass is 32.1. The Hall–Kier alpha value is -1.57. The molecule has 0 aliphatic carbocycles. The van der Waals surface area contributed by atoms with Gasteiger partial charge < -0.3 is 5.32 Å². The minimum atomic E-state index is -0.486. The number of hydrogen-bond donors (Lipinski definition) is 2. The minimum absolute atomic E-state index is 0.0196. The van der Waals surface area contributed by atoms with Crippen molar-refractivity contribution >= 4 is 24.2 Å². The fraction of sp³-hybridized carbons (Fsp3) is 0.556. The smallest absolute Gasteiger partial charge is 0.312 e. The van der Waals surface area contributed by atoms with Crippen molar-refractivity contribution in [3.05, 3.63) is 21.5 Å². The number of carbonyl (C=O) groups is 1. The van der Waals surface area contributed by atoms with Gasteiger partial charge in [-0.25, -0.2) is 0 Å². The standard InChI is InChI=1S/C9H14N4O3S/c1-6-9(13(15)16)7(2)12(11-6)5-8(14)10-3-4-17/h17H,3-5H2,1-2H3,(H,10,14). The number of hydrogen-bond acceptors (Lipinski definition) is 5. The van der Waals surface area contributed by atoms with Crippen molar-refractivity contribution in [2.24, 2.45) is 0 Å². The highest BCUT2D eigenvalue weighted by Gasteiger charge is 2.22. The van der Waals surface area contributed by atoms with Crippen molar-refractivity contribution in [3.63, 3.8) is 0 Å². The molecule has 0 saturated carbocycles. The summed E-state index contributed by atoms with van der Waals surface area (Å²) in [7, 11) is 0. The molecule has 1 rings (SSSR count). The lowest BCUT2D eigenvalue weighted by Crippen LogP contribution is -2.29. The first-order valence-electron chi connectivity index (χ1n) is 5.03. The maximum Gasteiger partial charge on any atom is 0.312 e. The summed E-state index contributed by atoms with van der Waals surface area (Å²) in [5.74, 6) is 0.308. The van der Waals surface area contributed by atoms with Gasteiger partial charge in [0.1, 0.15) is 17.9 Å². The second kappa shape index (κ2) is 5.67. The van der Waals surface area contributed by atoms with Crippen LogP contribution >= 0.6 is 12.6 Å². The molecule has 0 fully saturated rings. The molecule has 1 aromatic heterocycles. The molecule has 0 aliphatic heterocycles. The van der Waals surface area contributed by atoms with Crippen molar-refractivity contribution in [1.29, 1.82) is 0 Å². The molecule has 0 aliphatic rings. The van der Waals surface area contributed by atoms with Crippen LogP contribution in [-0.2, 0) is 11.3 Å². The van der Waals surface area contributed by atoms with Gasteiger partial charge in [-0.3, -0.25) is 19.6 Å². The molecule has 94 valence electrons. The fourth-order valence-electron chi connectivity index (χ4n) is 1.49. The van der Waals surface area contributed by atoms with Gasteiger partial charge in [-0.2, -0.15) is 17.7 Å². The molecule has 17 heavy (non-hydrogen) atoms. The van der Waals surface area contributed by atoms with Crippen LogP contribution in [0, 0.1) is 24.0 Å². The lowest BCUT2D eigenvalue weighted by molar-refractivity contribution is -0.386. The molecule has 1 aromatic rings. The average molecular weight is 258 g/mol. The molecule has 0 unspecified atom stereocenters. The molecule has 1 N–H and O–H groups in total. The molecule has 0 saturated heterocycles. The molecule has 0 atom stereocenters. The van der Waals surface area contributed by atoms with Gasteiger partial charge in [-0.05, 0) is 13.8 Å². The third-order valence-corrected chi connectivity index (χ3v) is 2.48. The van der Waals surface area contributed by atoms with E-state index in [1.54, 1.807) is 13.8 Å². The molecular weight excluding hydrogens is 244 g/mol. The fourth-order valence-corrected chi connectivity index (χ4v) is 1.60. The first-order chi connectivity index (χ1) is 7.97. The summed E-state index contributed by atoms with van der Waals surface area (Å²) in [6.07, 6.45) is 0. The minimum Gasteiger partial charge on any atom is -0.354 e. The lowest BCUT2D eigenvalue weighted by Gasteiger charge is -2.04. The van der Waals surface area contributed by atoms with E-state index in [2.05, 4.69) is 23.0 Å². The van der Waals surface area contributed by atoms with E-state index in [1.807, 2.05) is 0 Å². The number of amides is 1. The first kappa shape index (κ1) is 13.5. The molecule has 8 heteroatoms.